The molecule has 0 aliphatic carbocycles. The Balaban J connectivity index is 1.76. The van der Waals surface area contributed by atoms with Gasteiger partial charge in [0.15, 0.2) is 0 Å². The van der Waals surface area contributed by atoms with Gasteiger partial charge in [0.25, 0.3) is 5.69 Å². The second kappa shape index (κ2) is 9.38. The first kappa shape index (κ1) is 23.2. The van der Waals surface area contributed by atoms with Crippen molar-refractivity contribution in [1.82, 2.24) is 9.78 Å². The number of carbonyl (C=O) groups is 2. The maximum atomic E-state index is 12.9. The van der Waals surface area contributed by atoms with Crippen LogP contribution in [-0.2, 0) is 17.5 Å². The molecule has 0 saturated carbocycles. The van der Waals surface area contributed by atoms with Gasteiger partial charge in [-0.3, -0.25) is 19.6 Å². The van der Waals surface area contributed by atoms with Crippen molar-refractivity contribution in [3.8, 4) is 11.5 Å². The lowest BCUT2D eigenvalue weighted by Gasteiger charge is -2.12. The highest BCUT2D eigenvalue weighted by Crippen LogP contribution is 2.34. The lowest BCUT2D eigenvalue weighted by atomic mass is 10.2. The number of nitro benzene ring substituents is 1. The number of hydrogen-bond acceptors (Lipinski definition) is 6. The monoisotopic (exact) mass is 464 g/mol. The number of nitro groups is 1. The molecule has 0 bridgehead atoms. The number of carboxylic acids is 1. The van der Waals surface area contributed by atoms with Crippen LogP contribution in [0.15, 0.2) is 54.7 Å². The van der Waals surface area contributed by atoms with Crippen LogP contribution < -0.4 is 10.1 Å². The molecule has 0 atom stereocenters. The number of amides is 1. The van der Waals surface area contributed by atoms with E-state index in [1.807, 2.05) is 0 Å². The van der Waals surface area contributed by atoms with E-state index in [0.717, 1.165) is 35.0 Å². The summed E-state index contributed by atoms with van der Waals surface area (Å²) in [5.41, 5.74) is -1.57. The smallest absolute Gasteiger partial charge is 0.416 e. The number of aromatic carboxylic acids is 1. The summed E-state index contributed by atoms with van der Waals surface area (Å²) in [4.78, 5) is 33.8. The zero-order valence-corrected chi connectivity index (χ0v) is 16.6. The molecule has 0 fully saturated rings. The average Bonchev–Trinajstić information content (AvgIpc) is 3.21. The molecule has 1 heterocycles. The second-order valence-electron chi connectivity index (χ2n) is 6.64. The number of alkyl halides is 3. The lowest BCUT2D eigenvalue weighted by Crippen LogP contribution is -2.17. The van der Waals surface area contributed by atoms with Gasteiger partial charge in [0.2, 0.25) is 5.91 Å². The van der Waals surface area contributed by atoms with Gasteiger partial charge in [-0.15, -0.1) is 0 Å². The SMILES string of the molecule is O=C(CCn1nccc1C(=O)O)Nc1cc(Oc2cccc(C(F)(F)F)c2)cc([N+](=O)[O-])c1. The molecule has 3 rings (SSSR count). The fraction of sp³-hybridized carbons (Fsp3) is 0.150. The Kier molecular flexibility index (Phi) is 6.61. The van der Waals surface area contributed by atoms with Crippen molar-refractivity contribution in [1.29, 1.82) is 0 Å². The molecule has 3 aromatic rings. The molecule has 0 aliphatic rings. The van der Waals surface area contributed by atoms with Crippen molar-refractivity contribution >= 4 is 23.3 Å². The van der Waals surface area contributed by atoms with Crippen molar-refractivity contribution in [2.45, 2.75) is 19.1 Å². The number of carboxylic acid groups (broad SMARTS) is 1. The number of anilines is 1. The molecule has 0 aliphatic heterocycles. The van der Waals surface area contributed by atoms with Crippen molar-refractivity contribution in [2.24, 2.45) is 0 Å². The first-order valence-electron chi connectivity index (χ1n) is 9.22. The third-order valence-corrected chi connectivity index (χ3v) is 4.27. The lowest BCUT2D eigenvalue weighted by molar-refractivity contribution is -0.384. The minimum atomic E-state index is -4.60. The third-order valence-electron chi connectivity index (χ3n) is 4.27. The largest absolute Gasteiger partial charge is 0.477 e. The number of non-ortho nitro benzene ring substituents is 1. The van der Waals surface area contributed by atoms with Gasteiger partial charge in [-0.25, -0.2) is 4.79 Å². The maximum Gasteiger partial charge on any atom is 0.416 e. The van der Waals surface area contributed by atoms with Gasteiger partial charge in [0.1, 0.15) is 17.2 Å². The number of carbonyl (C=O) groups excluding carboxylic acids is 1. The number of ether oxygens (including phenoxy) is 1. The number of aryl methyl sites for hydroxylation is 1. The van der Waals surface area contributed by atoms with E-state index in [2.05, 4.69) is 10.4 Å². The van der Waals surface area contributed by atoms with E-state index in [-0.39, 0.29) is 35.8 Å². The van der Waals surface area contributed by atoms with Crippen LogP contribution in [-0.4, -0.2) is 31.7 Å². The first-order valence-corrected chi connectivity index (χ1v) is 9.22. The second-order valence-corrected chi connectivity index (χ2v) is 6.64. The fourth-order valence-electron chi connectivity index (χ4n) is 2.82. The van der Waals surface area contributed by atoms with Crippen molar-refractivity contribution in [3.63, 3.8) is 0 Å². The molecule has 10 nitrogen and oxygen atoms in total. The van der Waals surface area contributed by atoms with E-state index >= 15 is 0 Å². The quantitative estimate of drug-likeness (QED) is 0.374. The fourth-order valence-corrected chi connectivity index (χ4v) is 2.82. The molecular formula is C20H15F3N4O6. The van der Waals surface area contributed by atoms with Crippen LogP contribution in [0, 0.1) is 10.1 Å². The van der Waals surface area contributed by atoms with E-state index in [1.54, 1.807) is 0 Å². The predicted molar refractivity (Wildman–Crippen MR) is 107 cm³/mol. The average molecular weight is 464 g/mol. The number of aromatic nitrogens is 2. The van der Waals surface area contributed by atoms with Crippen LogP contribution in [0.5, 0.6) is 11.5 Å². The molecule has 1 amide bonds. The normalized spacial score (nSPS) is 11.1. The highest BCUT2D eigenvalue weighted by Gasteiger charge is 2.30. The van der Waals surface area contributed by atoms with Gasteiger partial charge in [-0.05, 0) is 24.3 Å². The molecule has 0 radical (unpaired) electrons. The standard InChI is InChI=1S/C20H15F3N4O6/c21-20(22,23)12-2-1-3-15(8-12)33-16-10-13(9-14(11-16)27(31)32)25-18(28)5-7-26-17(19(29)30)4-6-24-26/h1-4,6,8-11H,5,7H2,(H,25,28)(H,29,30). The zero-order valence-electron chi connectivity index (χ0n) is 16.6. The first-order chi connectivity index (χ1) is 15.5. The van der Waals surface area contributed by atoms with Gasteiger partial charge in [-0.2, -0.15) is 18.3 Å². The van der Waals surface area contributed by atoms with E-state index in [1.165, 1.54) is 24.4 Å². The van der Waals surface area contributed by atoms with Gasteiger partial charge < -0.3 is 15.2 Å². The molecule has 0 saturated heterocycles. The van der Waals surface area contributed by atoms with Crippen molar-refractivity contribution < 1.29 is 37.5 Å². The van der Waals surface area contributed by atoms with E-state index in [9.17, 15) is 32.9 Å². The summed E-state index contributed by atoms with van der Waals surface area (Å²) in [6.45, 7) is -0.0665. The van der Waals surface area contributed by atoms with Gasteiger partial charge in [0.05, 0.1) is 28.8 Å². The van der Waals surface area contributed by atoms with Crippen LogP contribution in [0.25, 0.3) is 0 Å². The van der Waals surface area contributed by atoms with Crippen LogP contribution in [0.4, 0.5) is 24.5 Å². The van der Waals surface area contributed by atoms with Crippen molar-refractivity contribution in [3.05, 3.63) is 76.1 Å². The van der Waals surface area contributed by atoms with Crippen molar-refractivity contribution in [2.75, 3.05) is 5.32 Å². The summed E-state index contributed by atoms with van der Waals surface area (Å²) in [7, 11) is 0. The minimum absolute atomic E-state index is 0.0323. The summed E-state index contributed by atoms with van der Waals surface area (Å²) in [5.74, 6) is -2.20. The van der Waals surface area contributed by atoms with E-state index in [4.69, 9.17) is 9.84 Å². The number of benzene rings is 2. The van der Waals surface area contributed by atoms with Gasteiger partial charge in [0, 0.05) is 24.8 Å². The Morgan fingerprint density at radius 2 is 1.91 bits per heavy atom. The number of nitrogens with one attached hydrogen (secondary N) is 1. The maximum absolute atomic E-state index is 12.9. The molecule has 1 aromatic heterocycles. The summed E-state index contributed by atoms with van der Waals surface area (Å²) >= 11 is 0. The predicted octanol–water partition coefficient (Wildman–Crippen LogP) is 4.33. The summed E-state index contributed by atoms with van der Waals surface area (Å²) < 4.78 is 45.2. The summed E-state index contributed by atoms with van der Waals surface area (Å²) in [6.07, 6.45) is -3.54. The molecular weight excluding hydrogens is 449 g/mol. The van der Waals surface area contributed by atoms with Gasteiger partial charge in [-0.1, -0.05) is 6.07 Å². The highest BCUT2D eigenvalue weighted by atomic mass is 19.4. The van der Waals surface area contributed by atoms with Crippen LogP contribution in [0.1, 0.15) is 22.5 Å². The molecule has 2 aromatic carbocycles. The third kappa shape index (κ3) is 6.06. The van der Waals surface area contributed by atoms with Gasteiger partial charge >= 0.3 is 12.1 Å². The minimum Gasteiger partial charge on any atom is -0.477 e. The topological polar surface area (TPSA) is 137 Å². The Hall–Kier alpha value is -4.42. The summed E-state index contributed by atoms with van der Waals surface area (Å²) in [5, 5.41) is 26.5. The van der Waals surface area contributed by atoms with Crippen LogP contribution >= 0.6 is 0 Å². The Labute approximate surface area is 183 Å². The van der Waals surface area contributed by atoms with Crippen LogP contribution in [0.3, 0.4) is 0 Å². The van der Waals surface area contributed by atoms with E-state index in [0.29, 0.717) is 0 Å². The van der Waals surface area contributed by atoms with Crippen LogP contribution in [0.2, 0.25) is 0 Å². The zero-order chi connectivity index (χ0) is 24.2. The molecule has 0 unspecified atom stereocenters. The van der Waals surface area contributed by atoms with E-state index < -0.39 is 34.2 Å². The number of nitrogens with zero attached hydrogens (tertiary/aromatic N) is 3. The summed E-state index contributed by atoms with van der Waals surface area (Å²) in [6, 6.07) is 8.48. The Morgan fingerprint density at radius 1 is 1.15 bits per heavy atom. The number of hydrogen-bond donors (Lipinski definition) is 2. The number of halogens is 3. The number of rotatable bonds is 8. The Morgan fingerprint density at radius 3 is 2.58 bits per heavy atom. The molecule has 172 valence electrons. The molecule has 33 heavy (non-hydrogen) atoms. The molecule has 13 heteroatoms. The highest BCUT2D eigenvalue weighted by molar-refractivity contribution is 5.91. The Bertz CT molecular complexity index is 1210. The molecule has 2 N–H and O–H groups in total. The molecule has 0 spiro atoms.